The van der Waals surface area contributed by atoms with Crippen LogP contribution in [0.25, 0.3) is 10.4 Å². The molecule has 0 heterocycles. The Hall–Kier alpha value is -2.89. The fourth-order valence-electron chi connectivity index (χ4n) is 3.02. The van der Waals surface area contributed by atoms with Crippen LogP contribution in [-0.2, 0) is 17.9 Å². The first kappa shape index (κ1) is 20.4. The van der Waals surface area contributed by atoms with Crippen LogP contribution in [0.4, 0.5) is 4.39 Å². The van der Waals surface area contributed by atoms with Gasteiger partial charge in [0.05, 0.1) is 6.04 Å². The number of aliphatic carboxylic acids is 1. The highest BCUT2D eigenvalue weighted by atomic mass is 19.1. The molecule has 7 heteroatoms. The number of alkyl halides is 1. The number of azide groups is 1. The molecule has 27 heavy (non-hydrogen) atoms. The monoisotopic (exact) mass is 370 g/mol. The standard InChI is InChI=1S/C20H23FN4O2/c21-19(20(26)27)18(12-7-13-23-24-22)25(14-16-8-3-1-4-9-16)15-17-10-5-2-6-11-17/h1-6,8-11,18-19H,7,12-15H2,(H,26,27). The molecule has 0 saturated heterocycles. The third-order valence-corrected chi connectivity index (χ3v) is 4.32. The molecule has 0 aliphatic carbocycles. The maximum atomic E-state index is 14.6. The van der Waals surface area contributed by atoms with Crippen LogP contribution >= 0.6 is 0 Å². The molecular formula is C20H23FN4O2. The lowest BCUT2D eigenvalue weighted by atomic mass is 10.0. The Bertz CT molecular complexity index is 710. The third kappa shape index (κ3) is 6.73. The summed E-state index contributed by atoms with van der Waals surface area (Å²) in [6.45, 7) is 1.06. The maximum Gasteiger partial charge on any atom is 0.339 e. The Morgan fingerprint density at radius 1 is 1.07 bits per heavy atom. The topological polar surface area (TPSA) is 89.3 Å². The van der Waals surface area contributed by atoms with Crippen molar-refractivity contribution in [3.05, 3.63) is 82.2 Å². The van der Waals surface area contributed by atoms with E-state index >= 15 is 0 Å². The summed E-state index contributed by atoms with van der Waals surface area (Å²) >= 11 is 0. The van der Waals surface area contributed by atoms with Crippen LogP contribution in [0.1, 0.15) is 24.0 Å². The average molecular weight is 370 g/mol. The number of carbonyl (C=O) groups is 1. The lowest BCUT2D eigenvalue weighted by Gasteiger charge is -2.33. The smallest absolute Gasteiger partial charge is 0.339 e. The number of carboxylic acid groups (broad SMARTS) is 1. The molecule has 0 aromatic heterocycles. The lowest BCUT2D eigenvalue weighted by Crippen LogP contribution is -2.44. The number of nitrogens with zero attached hydrogens (tertiary/aromatic N) is 4. The molecule has 0 saturated carbocycles. The van der Waals surface area contributed by atoms with Gasteiger partial charge >= 0.3 is 5.97 Å². The van der Waals surface area contributed by atoms with Crippen molar-refractivity contribution < 1.29 is 14.3 Å². The van der Waals surface area contributed by atoms with E-state index in [0.717, 1.165) is 11.1 Å². The fraction of sp³-hybridized carbons (Fsp3) is 0.350. The Labute approximate surface area is 157 Å². The number of rotatable bonds is 11. The molecule has 0 fully saturated rings. The van der Waals surface area contributed by atoms with Crippen LogP contribution in [0.2, 0.25) is 0 Å². The van der Waals surface area contributed by atoms with Crippen LogP contribution in [0.3, 0.4) is 0 Å². The van der Waals surface area contributed by atoms with Gasteiger partial charge in [-0.05, 0) is 29.5 Å². The van der Waals surface area contributed by atoms with Gasteiger partial charge in [0, 0.05) is 24.5 Å². The molecule has 6 nitrogen and oxygen atoms in total. The summed E-state index contributed by atoms with van der Waals surface area (Å²) in [7, 11) is 0. The van der Waals surface area contributed by atoms with Crippen molar-refractivity contribution in [2.24, 2.45) is 5.11 Å². The minimum atomic E-state index is -2.02. The highest BCUT2D eigenvalue weighted by Gasteiger charge is 2.32. The average Bonchev–Trinajstić information content (AvgIpc) is 2.69. The first-order valence-electron chi connectivity index (χ1n) is 8.81. The summed E-state index contributed by atoms with van der Waals surface area (Å²) < 4.78 is 14.6. The lowest BCUT2D eigenvalue weighted by molar-refractivity contribution is -0.146. The second kappa shape index (κ2) is 11.0. The number of halogens is 1. The molecule has 0 amide bonds. The van der Waals surface area contributed by atoms with Crippen LogP contribution < -0.4 is 0 Å². The minimum Gasteiger partial charge on any atom is -0.479 e. The van der Waals surface area contributed by atoms with Crippen LogP contribution in [0.5, 0.6) is 0 Å². The zero-order valence-corrected chi connectivity index (χ0v) is 15.0. The summed E-state index contributed by atoms with van der Waals surface area (Å²) in [5.41, 5.74) is 10.4. The van der Waals surface area contributed by atoms with Gasteiger partial charge in [-0.2, -0.15) is 0 Å². The van der Waals surface area contributed by atoms with E-state index in [9.17, 15) is 14.3 Å². The Kier molecular flexibility index (Phi) is 8.29. The zero-order chi connectivity index (χ0) is 19.5. The molecule has 0 aliphatic heterocycles. The van der Waals surface area contributed by atoms with Crippen LogP contribution in [0, 0.1) is 0 Å². The Balaban J connectivity index is 2.25. The predicted octanol–water partition coefficient (Wildman–Crippen LogP) is 4.57. The van der Waals surface area contributed by atoms with Crippen molar-refractivity contribution in [3.8, 4) is 0 Å². The van der Waals surface area contributed by atoms with Crippen LogP contribution in [0.15, 0.2) is 65.8 Å². The Morgan fingerprint density at radius 3 is 2.04 bits per heavy atom. The molecule has 0 bridgehead atoms. The molecule has 0 radical (unpaired) electrons. The highest BCUT2D eigenvalue weighted by molar-refractivity contribution is 5.73. The van der Waals surface area contributed by atoms with Gasteiger partial charge in [-0.1, -0.05) is 65.8 Å². The van der Waals surface area contributed by atoms with E-state index in [1.165, 1.54) is 0 Å². The molecule has 142 valence electrons. The van der Waals surface area contributed by atoms with Gasteiger partial charge in [-0.15, -0.1) is 0 Å². The number of hydrogen-bond acceptors (Lipinski definition) is 3. The minimum absolute atomic E-state index is 0.212. The summed E-state index contributed by atoms with van der Waals surface area (Å²) in [5.74, 6) is -1.48. The van der Waals surface area contributed by atoms with E-state index in [0.29, 0.717) is 19.5 Å². The highest BCUT2D eigenvalue weighted by Crippen LogP contribution is 2.21. The maximum absolute atomic E-state index is 14.6. The Morgan fingerprint density at radius 2 is 1.59 bits per heavy atom. The first-order chi connectivity index (χ1) is 13.1. The number of hydrogen-bond donors (Lipinski definition) is 1. The second-order valence-corrected chi connectivity index (χ2v) is 6.28. The van der Waals surface area contributed by atoms with E-state index in [1.54, 1.807) is 0 Å². The van der Waals surface area contributed by atoms with Gasteiger partial charge in [-0.3, -0.25) is 4.90 Å². The molecule has 2 unspecified atom stereocenters. The van der Waals surface area contributed by atoms with Crippen molar-refractivity contribution in [2.75, 3.05) is 6.54 Å². The molecule has 0 aliphatic rings. The molecule has 2 aromatic rings. The van der Waals surface area contributed by atoms with Crippen molar-refractivity contribution in [1.82, 2.24) is 4.90 Å². The SMILES string of the molecule is [N-]=[N+]=NCCCC(C(F)C(=O)O)N(Cc1ccccc1)Cc1ccccc1. The predicted molar refractivity (Wildman–Crippen MR) is 102 cm³/mol. The molecule has 2 atom stereocenters. The molecule has 2 aromatic carbocycles. The van der Waals surface area contributed by atoms with E-state index < -0.39 is 18.2 Å². The molecule has 0 spiro atoms. The van der Waals surface area contributed by atoms with Crippen LogP contribution in [-0.4, -0.2) is 34.7 Å². The fourth-order valence-corrected chi connectivity index (χ4v) is 3.02. The van der Waals surface area contributed by atoms with Crippen molar-refractivity contribution in [1.29, 1.82) is 0 Å². The third-order valence-electron chi connectivity index (χ3n) is 4.32. The zero-order valence-electron chi connectivity index (χ0n) is 15.0. The van der Waals surface area contributed by atoms with E-state index in [4.69, 9.17) is 5.53 Å². The van der Waals surface area contributed by atoms with Gasteiger partial charge < -0.3 is 5.11 Å². The van der Waals surface area contributed by atoms with Gasteiger partial charge in [0.15, 0.2) is 0 Å². The largest absolute Gasteiger partial charge is 0.479 e. The van der Waals surface area contributed by atoms with E-state index in [-0.39, 0.29) is 13.0 Å². The normalized spacial score (nSPS) is 13.0. The molecule has 1 N–H and O–H groups in total. The summed E-state index contributed by atoms with van der Waals surface area (Å²) in [6, 6.07) is 18.3. The van der Waals surface area contributed by atoms with Gasteiger partial charge in [0.2, 0.25) is 6.17 Å². The van der Waals surface area contributed by atoms with Gasteiger partial charge in [-0.25, -0.2) is 9.18 Å². The van der Waals surface area contributed by atoms with Crippen molar-refractivity contribution in [2.45, 2.75) is 38.1 Å². The summed E-state index contributed by atoms with van der Waals surface area (Å²) in [6.07, 6.45) is -1.32. The van der Waals surface area contributed by atoms with Crippen molar-refractivity contribution in [3.63, 3.8) is 0 Å². The molecule has 2 rings (SSSR count). The van der Waals surface area contributed by atoms with Gasteiger partial charge in [0.25, 0.3) is 0 Å². The number of carboxylic acids is 1. The molecular weight excluding hydrogens is 347 g/mol. The number of benzene rings is 2. The quantitative estimate of drug-likeness (QED) is 0.272. The van der Waals surface area contributed by atoms with Crippen molar-refractivity contribution >= 4 is 5.97 Å². The second-order valence-electron chi connectivity index (χ2n) is 6.28. The first-order valence-corrected chi connectivity index (χ1v) is 8.81. The summed E-state index contributed by atoms with van der Waals surface area (Å²) in [5, 5.41) is 12.7. The van der Waals surface area contributed by atoms with E-state index in [2.05, 4.69) is 10.0 Å². The van der Waals surface area contributed by atoms with Gasteiger partial charge in [0.1, 0.15) is 0 Å². The summed E-state index contributed by atoms with van der Waals surface area (Å²) in [4.78, 5) is 15.9. The van der Waals surface area contributed by atoms with E-state index in [1.807, 2.05) is 65.6 Å².